The summed E-state index contributed by atoms with van der Waals surface area (Å²) in [5.41, 5.74) is 2.65. The molecule has 3 amide bonds. The molecule has 1 saturated heterocycles. The largest absolute Gasteiger partial charge is 0.352 e. The molecule has 0 radical (unpaired) electrons. The Kier molecular flexibility index (Phi) is 7.22. The van der Waals surface area contributed by atoms with Gasteiger partial charge in [0.2, 0.25) is 5.91 Å². The summed E-state index contributed by atoms with van der Waals surface area (Å²) in [6, 6.07) is 13.9. The summed E-state index contributed by atoms with van der Waals surface area (Å²) >= 11 is 0. The molecule has 29 heavy (non-hydrogen) atoms. The third-order valence-corrected chi connectivity index (χ3v) is 5.23. The molecule has 2 N–H and O–H groups in total. The molecule has 0 spiro atoms. The average Bonchev–Trinajstić information content (AvgIpc) is 2.71. The monoisotopic (exact) mass is 397 g/mol. The number of anilines is 1. The zero-order valence-corrected chi connectivity index (χ0v) is 16.8. The van der Waals surface area contributed by atoms with Crippen LogP contribution < -0.4 is 10.6 Å². The standard InChI is InChI=1S/C23H28FN3O2/c1-17-5-2-9-21(13-17)26-23(29)27-12-4-7-18(16-27)10-11-22(28)25-15-19-6-3-8-20(24)14-19/h2-3,5-6,8-9,13-14,18H,4,7,10-12,15-16H2,1H3,(H,25,28)(H,26,29)/t18-/m1/s1. The molecule has 6 heteroatoms. The van der Waals surface area contributed by atoms with Crippen LogP contribution >= 0.6 is 0 Å². The second-order valence-corrected chi connectivity index (χ2v) is 7.70. The molecule has 3 rings (SSSR count). The molecule has 1 fully saturated rings. The van der Waals surface area contributed by atoms with Gasteiger partial charge in [0.15, 0.2) is 0 Å². The minimum absolute atomic E-state index is 0.0457. The predicted octanol–water partition coefficient (Wildman–Crippen LogP) is 4.47. The maximum atomic E-state index is 13.2. The lowest BCUT2D eigenvalue weighted by molar-refractivity contribution is -0.121. The van der Waals surface area contributed by atoms with Gasteiger partial charge in [0.05, 0.1) is 0 Å². The first-order valence-electron chi connectivity index (χ1n) is 10.1. The van der Waals surface area contributed by atoms with Gasteiger partial charge in [-0.1, -0.05) is 24.3 Å². The summed E-state index contributed by atoms with van der Waals surface area (Å²) in [6.45, 7) is 3.72. The van der Waals surface area contributed by atoms with Crippen molar-refractivity contribution in [2.24, 2.45) is 5.92 Å². The van der Waals surface area contributed by atoms with Gasteiger partial charge in [-0.2, -0.15) is 0 Å². The van der Waals surface area contributed by atoms with Crippen LogP contribution in [0.1, 0.15) is 36.8 Å². The molecule has 2 aromatic rings. The number of benzene rings is 2. The third kappa shape index (κ3) is 6.59. The SMILES string of the molecule is Cc1cccc(NC(=O)N2CCC[C@H](CCC(=O)NCc3cccc(F)c3)C2)c1. The summed E-state index contributed by atoms with van der Waals surface area (Å²) in [4.78, 5) is 26.5. The number of nitrogens with one attached hydrogen (secondary N) is 2. The van der Waals surface area contributed by atoms with Crippen LogP contribution in [0.5, 0.6) is 0 Å². The van der Waals surface area contributed by atoms with Crippen LogP contribution in [0.2, 0.25) is 0 Å². The van der Waals surface area contributed by atoms with Gasteiger partial charge in [-0.25, -0.2) is 9.18 Å². The maximum absolute atomic E-state index is 13.2. The van der Waals surface area contributed by atoms with E-state index < -0.39 is 0 Å². The highest BCUT2D eigenvalue weighted by atomic mass is 19.1. The Morgan fingerprint density at radius 1 is 1.17 bits per heavy atom. The number of carbonyl (C=O) groups is 2. The van der Waals surface area contributed by atoms with Crippen molar-refractivity contribution in [3.63, 3.8) is 0 Å². The van der Waals surface area contributed by atoms with E-state index in [2.05, 4.69) is 10.6 Å². The summed E-state index contributed by atoms with van der Waals surface area (Å²) in [6.07, 6.45) is 3.11. The summed E-state index contributed by atoms with van der Waals surface area (Å²) in [5, 5.41) is 5.80. The Hall–Kier alpha value is -2.89. The highest BCUT2D eigenvalue weighted by Crippen LogP contribution is 2.22. The minimum atomic E-state index is -0.303. The van der Waals surface area contributed by atoms with Gasteiger partial charge in [0, 0.05) is 31.7 Å². The van der Waals surface area contributed by atoms with Crippen LogP contribution in [0, 0.1) is 18.7 Å². The van der Waals surface area contributed by atoms with Crippen molar-refractivity contribution in [1.82, 2.24) is 10.2 Å². The van der Waals surface area contributed by atoms with E-state index in [4.69, 9.17) is 0 Å². The lowest BCUT2D eigenvalue weighted by atomic mass is 9.93. The van der Waals surface area contributed by atoms with Crippen molar-refractivity contribution in [3.8, 4) is 0 Å². The Morgan fingerprint density at radius 2 is 2.00 bits per heavy atom. The quantitative estimate of drug-likeness (QED) is 0.755. The van der Waals surface area contributed by atoms with Crippen LogP contribution in [-0.4, -0.2) is 29.9 Å². The molecule has 1 aliphatic heterocycles. The number of rotatable bonds is 6. The first-order chi connectivity index (χ1) is 14.0. The first-order valence-corrected chi connectivity index (χ1v) is 10.1. The molecule has 1 aliphatic rings. The normalized spacial score (nSPS) is 16.3. The Bertz CT molecular complexity index is 856. The summed E-state index contributed by atoms with van der Waals surface area (Å²) in [5.74, 6) is -0.0366. The number of hydrogen-bond donors (Lipinski definition) is 2. The van der Waals surface area contributed by atoms with Gasteiger partial charge in [-0.15, -0.1) is 0 Å². The van der Waals surface area contributed by atoms with E-state index in [1.54, 1.807) is 12.1 Å². The lowest BCUT2D eigenvalue weighted by Gasteiger charge is -2.32. The molecule has 5 nitrogen and oxygen atoms in total. The number of halogens is 1. The van der Waals surface area contributed by atoms with Crippen molar-refractivity contribution in [1.29, 1.82) is 0 Å². The molecule has 1 heterocycles. The fraction of sp³-hybridized carbons (Fsp3) is 0.391. The van der Waals surface area contributed by atoms with E-state index >= 15 is 0 Å². The molecule has 0 aromatic heterocycles. The molecule has 154 valence electrons. The van der Waals surface area contributed by atoms with Gasteiger partial charge >= 0.3 is 6.03 Å². The van der Waals surface area contributed by atoms with E-state index in [0.717, 1.165) is 42.6 Å². The second-order valence-electron chi connectivity index (χ2n) is 7.70. The van der Waals surface area contributed by atoms with Crippen molar-refractivity contribution in [2.45, 2.75) is 39.2 Å². The average molecular weight is 397 g/mol. The summed E-state index contributed by atoms with van der Waals surface area (Å²) < 4.78 is 13.2. The number of nitrogens with zero attached hydrogens (tertiary/aromatic N) is 1. The first kappa shape index (κ1) is 20.8. The second kappa shape index (κ2) is 10.0. The van der Waals surface area contributed by atoms with Crippen LogP contribution in [-0.2, 0) is 11.3 Å². The molecule has 0 bridgehead atoms. The van der Waals surface area contributed by atoms with E-state index in [0.29, 0.717) is 25.4 Å². The van der Waals surface area contributed by atoms with E-state index in [-0.39, 0.29) is 17.8 Å². The van der Waals surface area contributed by atoms with Gasteiger partial charge < -0.3 is 15.5 Å². The maximum Gasteiger partial charge on any atom is 0.321 e. The molecular weight excluding hydrogens is 369 g/mol. The highest BCUT2D eigenvalue weighted by molar-refractivity contribution is 5.89. The Labute approximate surface area is 171 Å². The van der Waals surface area contributed by atoms with Crippen LogP contribution in [0.3, 0.4) is 0 Å². The molecular formula is C23H28FN3O2. The Morgan fingerprint density at radius 3 is 2.79 bits per heavy atom. The number of hydrogen-bond acceptors (Lipinski definition) is 2. The fourth-order valence-electron chi connectivity index (χ4n) is 3.68. The van der Waals surface area contributed by atoms with Crippen LogP contribution in [0.4, 0.5) is 14.9 Å². The summed E-state index contributed by atoms with van der Waals surface area (Å²) in [7, 11) is 0. The fourth-order valence-corrected chi connectivity index (χ4v) is 3.68. The van der Waals surface area contributed by atoms with Crippen LogP contribution in [0.25, 0.3) is 0 Å². The number of likely N-dealkylation sites (tertiary alicyclic amines) is 1. The zero-order valence-electron chi connectivity index (χ0n) is 16.8. The molecule has 1 atom stereocenters. The lowest BCUT2D eigenvalue weighted by Crippen LogP contribution is -2.42. The van der Waals surface area contributed by atoms with E-state index in [1.165, 1.54) is 12.1 Å². The zero-order chi connectivity index (χ0) is 20.6. The van der Waals surface area contributed by atoms with Crippen molar-refractivity contribution in [2.75, 3.05) is 18.4 Å². The van der Waals surface area contributed by atoms with E-state index in [1.807, 2.05) is 36.1 Å². The third-order valence-electron chi connectivity index (χ3n) is 5.23. The number of amides is 3. The van der Waals surface area contributed by atoms with Crippen molar-refractivity contribution in [3.05, 3.63) is 65.5 Å². The van der Waals surface area contributed by atoms with Gasteiger partial charge in [-0.05, 0) is 67.5 Å². The van der Waals surface area contributed by atoms with Crippen molar-refractivity contribution < 1.29 is 14.0 Å². The van der Waals surface area contributed by atoms with Gasteiger partial charge in [0.25, 0.3) is 0 Å². The minimum Gasteiger partial charge on any atom is -0.352 e. The topological polar surface area (TPSA) is 61.4 Å². The molecule has 0 saturated carbocycles. The molecule has 0 aliphatic carbocycles. The molecule has 0 unspecified atom stereocenters. The van der Waals surface area contributed by atoms with Crippen molar-refractivity contribution >= 4 is 17.6 Å². The molecule has 2 aromatic carbocycles. The van der Waals surface area contributed by atoms with Gasteiger partial charge in [-0.3, -0.25) is 4.79 Å². The van der Waals surface area contributed by atoms with E-state index in [9.17, 15) is 14.0 Å². The smallest absolute Gasteiger partial charge is 0.321 e. The Balaban J connectivity index is 1.42. The number of carbonyl (C=O) groups excluding carboxylic acids is 2. The highest BCUT2D eigenvalue weighted by Gasteiger charge is 2.24. The van der Waals surface area contributed by atoms with Crippen LogP contribution in [0.15, 0.2) is 48.5 Å². The number of urea groups is 1. The predicted molar refractivity (Wildman–Crippen MR) is 112 cm³/mol. The van der Waals surface area contributed by atoms with Gasteiger partial charge in [0.1, 0.15) is 5.82 Å². The number of aryl methyl sites for hydroxylation is 1. The number of piperidine rings is 1.